The van der Waals surface area contributed by atoms with Gasteiger partial charge in [0.15, 0.2) is 0 Å². The summed E-state index contributed by atoms with van der Waals surface area (Å²) in [7, 11) is 4.06. The van der Waals surface area contributed by atoms with E-state index in [1.54, 1.807) is 0 Å². The third-order valence-corrected chi connectivity index (χ3v) is 5.07. The number of primary amides is 1. The van der Waals surface area contributed by atoms with Crippen LogP contribution in [0.3, 0.4) is 0 Å². The van der Waals surface area contributed by atoms with E-state index >= 15 is 0 Å². The van der Waals surface area contributed by atoms with Crippen molar-refractivity contribution in [1.82, 2.24) is 4.90 Å². The molecule has 3 heteroatoms. The van der Waals surface area contributed by atoms with E-state index in [9.17, 15) is 4.79 Å². The highest BCUT2D eigenvalue weighted by atomic mass is 16.1. The van der Waals surface area contributed by atoms with Crippen molar-refractivity contribution >= 4 is 5.91 Å². The minimum absolute atomic E-state index is 0.0137. The van der Waals surface area contributed by atoms with Gasteiger partial charge in [-0.25, -0.2) is 0 Å². The standard InChI is InChI=1S/C20H26N2O/c1-15(16(2)22(3)4)20(19(21)23,17-11-7-5-8-12-17)18-13-9-6-10-14-18/h5-16H,1-4H3,(H2,21,23)/t15-,16+/m0/s1. The smallest absolute Gasteiger partial charge is 0.232 e. The van der Waals surface area contributed by atoms with Crippen LogP contribution in [0.1, 0.15) is 25.0 Å². The maximum absolute atomic E-state index is 12.8. The Morgan fingerprint density at radius 1 is 0.913 bits per heavy atom. The van der Waals surface area contributed by atoms with E-state index in [0.29, 0.717) is 0 Å². The Kier molecular flexibility index (Phi) is 5.22. The minimum Gasteiger partial charge on any atom is -0.369 e. The average molecular weight is 310 g/mol. The molecule has 0 spiro atoms. The first-order valence-corrected chi connectivity index (χ1v) is 7.99. The molecule has 3 nitrogen and oxygen atoms in total. The fraction of sp³-hybridized carbons (Fsp3) is 0.350. The van der Waals surface area contributed by atoms with Gasteiger partial charge in [0.1, 0.15) is 5.41 Å². The molecule has 0 saturated heterocycles. The molecular weight excluding hydrogens is 284 g/mol. The molecule has 0 radical (unpaired) electrons. The SMILES string of the molecule is C[C@H]([C@H](C)C(C(N)=O)(c1ccccc1)c1ccccc1)N(C)C. The lowest BCUT2D eigenvalue weighted by atomic mass is 9.63. The van der Waals surface area contributed by atoms with Gasteiger partial charge in [-0.05, 0) is 38.1 Å². The lowest BCUT2D eigenvalue weighted by Gasteiger charge is -2.42. The Morgan fingerprint density at radius 2 is 1.30 bits per heavy atom. The van der Waals surface area contributed by atoms with Crippen LogP contribution in [0.2, 0.25) is 0 Å². The molecule has 23 heavy (non-hydrogen) atoms. The Hall–Kier alpha value is -2.13. The lowest BCUT2D eigenvalue weighted by Crippen LogP contribution is -2.53. The predicted octanol–water partition coefficient (Wildman–Crippen LogP) is 3.04. The lowest BCUT2D eigenvalue weighted by molar-refractivity contribution is -0.124. The monoisotopic (exact) mass is 310 g/mol. The second-order valence-electron chi connectivity index (χ2n) is 6.40. The van der Waals surface area contributed by atoms with Crippen molar-refractivity contribution in [2.75, 3.05) is 14.1 Å². The fourth-order valence-electron chi connectivity index (χ4n) is 3.41. The Morgan fingerprint density at radius 3 is 1.61 bits per heavy atom. The number of amides is 1. The van der Waals surface area contributed by atoms with Crippen molar-refractivity contribution in [3.63, 3.8) is 0 Å². The number of carbonyl (C=O) groups is 1. The molecule has 0 aliphatic carbocycles. The second kappa shape index (κ2) is 6.97. The molecule has 0 aliphatic rings. The van der Waals surface area contributed by atoms with E-state index in [-0.39, 0.29) is 17.9 Å². The quantitative estimate of drug-likeness (QED) is 0.891. The maximum atomic E-state index is 12.8. The first-order valence-electron chi connectivity index (χ1n) is 7.99. The molecule has 2 aromatic rings. The molecular formula is C20H26N2O. The minimum atomic E-state index is -0.855. The number of nitrogens with two attached hydrogens (primary N) is 1. The molecule has 2 N–H and O–H groups in total. The second-order valence-corrected chi connectivity index (χ2v) is 6.40. The number of carbonyl (C=O) groups excluding carboxylic acids is 1. The molecule has 122 valence electrons. The van der Waals surface area contributed by atoms with Gasteiger partial charge >= 0.3 is 0 Å². The van der Waals surface area contributed by atoms with Crippen molar-refractivity contribution in [2.24, 2.45) is 11.7 Å². The van der Waals surface area contributed by atoms with Crippen LogP contribution in [0, 0.1) is 5.92 Å². The van der Waals surface area contributed by atoms with Crippen LogP contribution in [0.25, 0.3) is 0 Å². The largest absolute Gasteiger partial charge is 0.369 e. The van der Waals surface area contributed by atoms with Crippen LogP contribution in [-0.4, -0.2) is 30.9 Å². The Bertz CT molecular complexity index is 598. The van der Waals surface area contributed by atoms with E-state index in [0.717, 1.165) is 11.1 Å². The summed E-state index contributed by atoms with van der Waals surface area (Å²) in [5.74, 6) is -0.295. The third-order valence-electron chi connectivity index (χ3n) is 5.07. The summed E-state index contributed by atoms with van der Waals surface area (Å²) >= 11 is 0. The van der Waals surface area contributed by atoms with Gasteiger partial charge in [0.2, 0.25) is 5.91 Å². The van der Waals surface area contributed by atoms with Gasteiger partial charge in [0.05, 0.1) is 0 Å². The van der Waals surface area contributed by atoms with Gasteiger partial charge < -0.3 is 10.6 Å². The number of benzene rings is 2. The zero-order valence-corrected chi connectivity index (χ0v) is 14.4. The maximum Gasteiger partial charge on any atom is 0.232 e. The topological polar surface area (TPSA) is 46.3 Å². The first kappa shape index (κ1) is 17.2. The summed E-state index contributed by atoms with van der Waals surface area (Å²) in [5, 5.41) is 0. The highest BCUT2D eigenvalue weighted by Crippen LogP contribution is 2.41. The van der Waals surface area contributed by atoms with Gasteiger partial charge in [-0.2, -0.15) is 0 Å². The first-order chi connectivity index (χ1) is 10.9. The molecule has 2 rings (SSSR count). The average Bonchev–Trinajstić information content (AvgIpc) is 2.56. The van der Waals surface area contributed by atoms with Crippen molar-refractivity contribution in [1.29, 1.82) is 0 Å². The number of nitrogens with zero attached hydrogens (tertiary/aromatic N) is 1. The third kappa shape index (κ3) is 3.02. The number of hydrogen-bond acceptors (Lipinski definition) is 2. The van der Waals surface area contributed by atoms with E-state index in [4.69, 9.17) is 5.73 Å². The molecule has 0 unspecified atom stereocenters. The van der Waals surface area contributed by atoms with Crippen LogP contribution in [0.15, 0.2) is 60.7 Å². The van der Waals surface area contributed by atoms with Crippen LogP contribution in [0.5, 0.6) is 0 Å². The zero-order valence-electron chi connectivity index (χ0n) is 14.4. The molecule has 0 bridgehead atoms. The van der Waals surface area contributed by atoms with E-state index in [1.165, 1.54) is 0 Å². The molecule has 2 aromatic carbocycles. The van der Waals surface area contributed by atoms with Gasteiger partial charge in [-0.1, -0.05) is 67.6 Å². The van der Waals surface area contributed by atoms with Crippen molar-refractivity contribution < 1.29 is 4.79 Å². The van der Waals surface area contributed by atoms with Gasteiger partial charge in [0.25, 0.3) is 0 Å². The molecule has 0 heterocycles. The normalized spacial score (nSPS) is 14.5. The van der Waals surface area contributed by atoms with E-state index in [2.05, 4.69) is 18.7 Å². The Labute approximate surface area is 139 Å². The highest BCUT2D eigenvalue weighted by Gasteiger charge is 2.47. The van der Waals surface area contributed by atoms with Crippen LogP contribution < -0.4 is 5.73 Å². The van der Waals surface area contributed by atoms with Crippen LogP contribution >= 0.6 is 0 Å². The van der Waals surface area contributed by atoms with Crippen molar-refractivity contribution in [3.8, 4) is 0 Å². The van der Waals surface area contributed by atoms with Gasteiger partial charge in [-0.15, -0.1) is 0 Å². The summed E-state index contributed by atoms with van der Waals surface area (Å²) < 4.78 is 0. The molecule has 0 saturated carbocycles. The van der Waals surface area contributed by atoms with Crippen LogP contribution in [0.4, 0.5) is 0 Å². The molecule has 1 amide bonds. The molecule has 0 aromatic heterocycles. The highest BCUT2D eigenvalue weighted by molar-refractivity contribution is 5.91. The fourth-order valence-corrected chi connectivity index (χ4v) is 3.41. The summed E-state index contributed by atoms with van der Waals surface area (Å²) in [6.45, 7) is 4.24. The van der Waals surface area contributed by atoms with Gasteiger partial charge in [-0.3, -0.25) is 4.79 Å². The molecule has 0 fully saturated rings. The van der Waals surface area contributed by atoms with E-state index in [1.807, 2.05) is 74.8 Å². The van der Waals surface area contributed by atoms with E-state index < -0.39 is 5.41 Å². The van der Waals surface area contributed by atoms with Crippen LogP contribution in [-0.2, 0) is 10.2 Å². The zero-order chi connectivity index (χ0) is 17.0. The number of rotatable bonds is 6. The number of hydrogen-bond donors (Lipinski definition) is 1. The van der Waals surface area contributed by atoms with Gasteiger partial charge in [0, 0.05) is 6.04 Å². The Balaban J connectivity index is 2.74. The van der Waals surface area contributed by atoms with Crippen molar-refractivity contribution in [3.05, 3.63) is 71.8 Å². The molecule has 0 aliphatic heterocycles. The molecule has 2 atom stereocenters. The summed E-state index contributed by atoms with van der Waals surface area (Å²) in [6.07, 6.45) is 0. The van der Waals surface area contributed by atoms with Crippen molar-refractivity contribution in [2.45, 2.75) is 25.3 Å². The summed E-state index contributed by atoms with van der Waals surface area (Å²) in [4.78, 5) is 14.9. The predicted molar refractivity (Wildman–Crippen MR) is 95.2 cm³/mol. The summed E-state index contributed by atoms with van der Waals surface area (Å²) in [5.41, 5.74) is 7.05. The summed E-state index contributed by atoms with van der Waals surface area (Å²) in [6, 6.07) is 19.9.